The molecular weight excluding hydrogens is 544 g/mol. The van der Waals surface area contributed by atoms with Crippen molar-refractivity contribution in [2.45, 2.75) is 18.9 Å². The topological polar surface area (TPSA) is 122 Å². The van der Waals surface area contributed by atoms with Gasteiger partial charge in [-0.05, 0) is 40.1 Å². The molecule has 5 rings (SSSR count). The first-order chi connectivity index (χ1) is 20.9. The lowest BCUT2D eigenvalue weighted by Gasteiger charge is -2.27. The van der Waals surface area contributed by atoms with E-state index < -0.39 is 22.8 Å². The maximum Gasteiger partial charge on any atom is 0.269 e. The highest BCUT2D eigenvalue weighted by Gasteiger charge is 2.27. The van der Waals surface area contributed by atoms with E-state index in [1.165, 1.54) is 29.3 Å². The second-order valence-electron chi connectivity index (χ2n) is 9.88. The van der Waals surface area contributed by atoms with Crippen LogP contribution in [0, 0.1) is 10.1 Å². The molecule has 5 aromatic rings. The zero-order valence-electron chi connectivity index (χ0n) is 23.1. The van der Waals surface area contributed by atoms with Crippen molar-refractivity contribution in [1.82, 2.24) is 10.7 Å². The van der Waals surface area contributed by atoms with Crippen molar-refractivity contribution in [3.8, 4) is 0 Å². The molecule has 0 heterocycles. The summed E-state index contributed by atoms with van der Waals surface area (Å²) in [6.07, 6.45) is 0.0568. The van der Waals surface area contributed by atoms with Gasteiger partial charge in [0.25, 0.3) is 17.5 Å². The second kappa shape index (κ2) is 13.2. The summed E-state index contributed by atoms with van der Waals surface area (Å²) < 4.78 is 0. The van der Waals surface area contributed by atoms with Crippen LogP contribution in [0.25, 0.3) is 10.8 Å². The molecule has 0 radical (unpaired) electrons. The summed E-state index contributed by atoms with van der Waals surface area (Å²) in [4.78, 5) is 51.6. The number of carbonyl (C=O) groups is 3. The number of para-hydroxylation sites is 1. The van der Waals surface area contributed by atoms with Gasteiger partial charge in [0.05, 0.1) is 17.0 Å². The number of fused-ring (bicyclic) bond motifs is 1. The van der Waals surface area contributed by atoms with Crippen molar-refractivity contribution < 1.29 is 19.3 Å². The fourth-order valence-corrected chi connectivity index (χ4v) is 4.74. The van der Waals surface area contributed by atoms with Crippen LogP contribution in [-0.4, -0.2) is 28.7 Å². The number of rotatable bonds is 9. The molecule has 214 valence electrons. The van der Waals surface area contributed by atoms with Gasteiger partial charge in [-0.1, -0.05) is 97.1 Å². The number of hydrazine groups is 1. The Labute approximate surface area is 247 Å². The molecule has 0 saturated heterocycles. The number of nitro benzene ring substituents is 1. The van der Waals surface area contributed by atoms with Crippen LogP contribution in [0.5, 0.6) is 0 Å². The predicted octanol–water partition coefficient (Wildman–Crippen LogP) is 5.40. The van der Waals surface area contributed by atoms with E-state index in [1.54, 1.807) is 42.5 Å². The summed E-state index contributed by atoms with van der Waals surface area (Å²) >= 11 is 0. The minimum Gasteiger partial charge on any atom is -0.340 e. The van der Waals surface area contributed by atoms with Gasteiger partial charge in [-0.15, -0.1) is 0 Å². The number of nitrogens with zero attached hydrogens (tertiary/aromatic N) is 2. The lowest BCUT2D eigenvalue weighted by molar-refractivity contribution is -0.384. The molecule has 5 aromatic carbocycles. The fraction of sp³-hybridized carbons (Fsp3) is 0.0882. The lowest BCUT2D eigenvalue weighted by atomic mass is 10.0. The first-order valence-corrected chi connectivity index (χ1v) is 13.6. The van der Waals surface area contributed by atoms with Crippen LogP contribution in [0.4, 0.5) is 11.4 Å². The van der Waals surface area contributed by atoms with E-state index in [-0.39, 0.29) is 24.4 Å². The average molecular weight is 573 g/mol. The zero-order chi connectivity index (χ0) is 30.2. The molecule has 0 bridgehead atoms. The predicted molar refractivity (Wildman–Crippen MR) is 164 cm³/mol. The van der Waals surface area contributed by atoms with Crippen LogP contribution >= 0.6 is 0 Å². The number of hydrogen-bond acceptors (Lipinski definition) is 5. The van der Waals surface area contributed by atoms with Gasteiger partial charge in [-0.25, -0.2) is 5.01 Å². The van der Waals surface area contributed by atoms with E-state index in [9.17, 15) is 24.5 Å². The standard InChI is InChI=1S/C34H28N4O5/c39-32(23-24-10-3-1-4-11-24)37(27-14-5-2-6-15-27)36-34(41)31(22-25-18-20-28(21-19-25)38(42)43)35-33(40)30-17-9-13-26-12-7-8-16-29(26)30/h1-21,31H,22-23H2,(H,35,40)(H,36,41)/t31-/m0/s1. The van der Waals surface area contributed by atoms with Gasteiger partial charge in [0.2, 0.25) is 5.91 Å². The summed E-state index contributed by atoms with van der Waals surface area (Å²) in [6, 6.07) is 35.3. The molecule has 43 heavy (non-hydrogen) atoms. The molecule has 0 unspecified atom stereocenters. The normalized spacial score (nSPS) is 11.3. The molecule has 0 aliphatic carbocycles. The van der Waals surface area contributed by atoms with E-state index in [0.29, 0.717) is 16.8 Å². The first kappa shape index (κ1) is 28.7. The minimum atomic E-state index is -1.12. The Morgan fingerprint density at radius 2 is 1.35 bits per heavy atom. The van der Waals surface area contributed by atoms with E-state index in [0.717, 1.165) is 16.3 Å². The number of amides is 3. The maximum atomic E-state index is 13.9. The van der Waals surface area contributed by atoms with Gasteiger partial charge < -0.3 is 5.32 Å². The third-order valence-corrected chi connectivity index (χ3v) is 6.93. The third kappa shape index (κ3) is 7.09. The fourth-order valence-electron chi connectivity index (χ4n) is 4.74. The van der Waals surface area contributed by atoms with Crippen molar-refractivity contribution in [2.24, 2.45) is 0 Å². The van der Waals surface area contributed by atoms with E-state index in [2.05, 4.69) is 10.7 Å². The number of benzene rings is 5. The molecule has 9 nitrogen and oxygen atoms in total. The Bertz CT molecular complexity index is 1750. The molecular formula is C34H28N4O5. The summed E-state index contributed by atoms with van der Waals surface area (Å²) in [7, 11) is 0. The first-order valence-electron chi connectivity index (χ1n) is 13.6. The number of non-ortho nitro benzene ring substituents is 1. The number of anilines is 1. The third-order valence-electron chi connectivity index (χ3n) is 6.93. The SMILES string of the molecule is O=C(N[C@@H](Cc1ccc([N+](=O)[O-])cc1)C(=O)NN(C(=O)Cc1ccccc1)c1ccccc1)c1cccc2ccccc12. The van der Waals surface area contributed by atoms with Crippen LogP contribution in [0.2, 0.25) is 0 Å². The van der Waals surface area contributed by atoms with Gasteiger partial charge in [-0.2, -0.15) is 0 Å². The Hall–Kier alpha value is -5.83. The quantitative estimate of drug-likeness (QED) is 0.181. The molecule has 0 aliphatic heterocycles. The van der Waals surface area contributed by atoms with E-state index in [1.807, 2.05) is 60.7 Å². The molecule has 0 aliphatic rings. The summed E-state index contributed by atoms with van der Waals surface area (Å²) in [5.41, 5.74) is 4.83. The van der Waals surface area contributed by atoms with Gasteiger partial charge in [-0.3, -0.25) is 29.9 Å². The summed E-state index contributed by atoms with van der Waals surface area (Å²) in [5, 5.41) is 16.8. The van der Waals surface area contributed by atoms with Crippen LogP contribution in [0.15, 0.2) is 127 Å². The second-order valence-corrected chi connectivity index (χ2v) is 9.88. The summed E-state index contributed by atoms with van der Waals surface area (Å²) in [5.74, 6) is -1.47. The highest BCUT2D eigenvalue weighted by atomic mass is 16.6. The largest absolute Gasteiger partial charge is 0.340 e. The highest BCUT2D eigenvalue weighted by molar-refractivity contribution is 6.08. The van der Waals surface area contributed by atoms with Crippen molar-refractivity contribution in [2.75, 3.05) is 5.01 Å². The Morgan fingerprint density at radius 3 is 2.05 bits per heavy atom. The van der Waals surface area contributed by atoms with Crippen LogP contribution in [-0.2, 0) is 22.4 Å². The number of nitrogens with one attached hydrogen (secondary N) is 2. The molecule has 0 spiro atoms. The van der Waals surface area contributed by atoms with Crippen molar-refractivity contribution in [3.05, 3.63) is 154 Å². The molecule has 0 fully saturated rings. The van der Waals surface area contributed by atoms with Crippen LogP contribution < -0.4 is 15.8 Å². The smallest absolute Gasteiger partial charge is 0.269 e. The molecule has 0 saturated carbocycles. The molecule has 0 aromatic heterocycles. The van der Waals surface area contributed by atoms with Gasteiger partial charge >= 0.3 is 0 Å². The number of carbonyl (C=O) groups excluding carboxylic acids is 3. The molecule has 9 heteroatoms. The van der Waals surface area contributed by atoms with E-state index >= 15 is 0 Å². The Kier molecular flexibility index (Phi) is 8.82. The molecule has 3 amide bonds. The van der Waals surface area contributed by atoms with Crippen LogP contribution in [0.1, 0.15) is 21.5 Å². The lowest BCUT2D eigenvalue weighted by Crippen LogP contribution is -2.55. The average Bonchev–Trinajstić information content (AvgIpc) is 3.04. The van der Waals surface area contributed by atoms with Crippen molar-refractivity contribution >= 4 is 39.9 Å². The molecule has 2 N–H and O–H groups in total. The van der Waals surface area contributed by atoms with E-state index in [4.69, 9.17) is 0 Å². The van der Waals surface area contributed by atoms with Crippen molar-refractivity contribution in [3.63, 3.8) is 0 Å². The van der Waals surface area contributed by atoms with Gasteiger partial charge in [0, 0.05) is 24.1 Å². The summed E-state index contributed by atoms with van der Waals surface area (Å²) in [6.45, 7) is 0. The Balaban J connectivity index is 1.44. The van der Waals surface area contributed by atoms with Gasteiger partial charge in [0.15, 0.2) is 0 Å². The zero-order valence-corrected chi connectivity index (χ0v) is 23.1. The maximum absolute atomic E-state index is 13.9. The van der Waals surface area contributed by atoms with Gasteiger partial charge in [0.1, 0.15) is 6.04 Å². The number of hydrogen-bond donors (Lipinski definition) is 2. The number of nitro groups is 1. The highest BCUT2D eigenvalue weighted by Crippen LogP contribution is 2.20. The van der Waals surface area contributed by atoms with Crippen molar-refractivity contribution in [1.29, 1.82) is 0 Å². The Morgan fingerprint density at radius 1 is 0.721 bits per heavy atom. The monoisotopic (exact) mass is 572 g/mol. The minimum absolute atomic E-state index is 0.0236. The van der Waals surface area contributed by atoms with Crippen LogP contribution in [0.3, 0.4) is 0 Å². The molecule has 1 atom stereocenters.